The summed E-state index contributed by atoms with van der Waals surface area (Å²) in [5.41, 5.74) is -1.81. The van der Waals surface area contributed by atoms with Gasteiger partial charge in [-0.15, -0.1) is 0 Å². The van der Waals surface area contributed by atoms with Gasteiger partial charge in [-0.2, -0.15) is 0 Å². The first-order chi connectivity index (χ1) is 11.9. The number of hydrogen-bond donors (Lipinski definition) is 1. The number of nitro benzene ring substituents is 2. The summed E-state index contributed by atoms with van der Waals surface area (Å²) in [6.45, 7) is 3.34. The molecule has 1 aromatic carbocycles. The van der Waals surface area contributed by atoms with Crippen molar-refractivity contribution < 1.29 is 29.2 Å². The number of benzene rings is 1. The number of ether oxygens (including phenoxy) is 2. The fourth-order valence-corrected chi connectivity index (χ4v) is 2.11. The van der Waals surface area contributed by atoms with E-state index in [9.17, 15) is 30.1 Å². The van der Waals surface area contributed by atoms with Crippen molar-refractivity contribution in [3.05, 3.63) is 43.5 Å². The van der Waals surface area contributed by atoms with Crippen LogP contribution in [-0.4, -0.2) is 47.3 Å². The van der Waals surface area contributed by atoms with E-state index in [1.54, 1.807) is 0 Å². The van der Waals surface area contributed by atoms with Gasteiger partial charge in [0.1, 0.15) is 0 Å². The van der Waals surface area contributed by atoms with Gasteiger partial charge < -0.3 is 14.6 Å². The van der Waals surface area contributed by atoms with Crippen LogP contribution in [0.4, 0.5) is 11.4 Å². The summed E-state index contributed by atoms with van der Waals surface area (Å²) in [6, 6.07) is 1.58. The Morgan fingerprint density at radius 1 is 1.08 bits per heavy atom. The number of unbranched alkanes of at least 4 members (excludes halogenated alkanes) is 1. The van der Waals surface area contributed by atoms with Gasteiger partial charge in [-0.1, -0.05) is 13.3 Å². The molecule has 0 heterocycles. The summed E-state index contributed by atoms with van der Waals surface area (Å²) in [5, 5.41) is 31.2. The molecule has 0 fully saturated rings. The molecule has 0 atom stereocenters. The number of non-ortho nitro benzene ring substituents is 1. The van der Waals surface area contributed by atoms with Crippen LogP contribution in [0.2, 0.25) is 0 Å². The minimum Gasteiger partial charge on any atom is -0.478 e. The van der Waals surface area contributed by atoms with E-state index in [2.05, 4.69) is 0 Å². The first-order valence-corrected chi connectivity index (χ1v) is 7.73. The largest absolute Gasteiger partial charge is 0.478 e. The fourth-order valence-electron chi connectivity index (χ4n) is 2.11. The van der Waals surface area contributed by atoms with Gasteiger partial charge >= 0.3 is 5.97 Å². The summed E-state index contributed by atoms with van der Waals surface area (Å²) in [5.74, 6) is -1.47. The summed E-state index contributed by atoms with van der Waals surface area (Å²) in [7, 11) is 0. The maximum Gasteiger partial charge on any atom is 0.336 e. The molecular weight excluding hydrogens is 336 g/mol. The van der Waals surface area contributed by atoms with Gasteiger partial charge in [-0.3, -0.25) is 20.2 Å². The molecule has 0 aliphatic carbocycles. The van der Waals surface area contributed by atoms with Gasteiger partial charge in [0.05, 0.1) is 41.3 Å². The zero-order valence-electron chi connectivity index (χ0n) is 13.8. The average molecular weight is 356 g/mol. The molecule has 0 saturated heterocycles. The highest BCUT2D eigenvalue weighted by Crippen LogP contribution is 2.29. The Hall–Kier alpha value is -2.59. The van der Waals surface area contributed by atoms with Gasteiger partial charge in [0.2, 0.25) is 0 Å². The summed E-state index contributed by atoms with van der Waals surface area (Å²) >= 11 is 0. The summed E-state index contributed by atoms with van der Waals surface area (Å²) in [4.78, 5) is 31.6. The smallest absolute Gasteiger partial charge is 0.336 e. The topological polar surface area (TPSA) is 142 Å². The lowest BCUT2D eigenvalue weighted by Gasteiger charge is -2.08. The Morgan fingerprint density at radius 3 is 2.24 bits per heavy atom. The van der Waals surface area contributed by atoms with Crippen LogP contribution in [0.5, 0.6) is 0 Å². The lowest BCUT2D eigenvalue weighted by Crippen LogP contribution is -2.12. The Balaban J connectivity index is 2.78. The Morgan fingerprint density at radius 2 is 1.72 bits per heavy atom. The van der Waals surface area contributed by atoms with Crippen molar-refractivity contribution in [3.63, 3.8) is 0 Å². The van der Waals surface area contributed by atoms with Crippen molar-refractivity contribution >= 4 is 17.3 Å². The Bertz CT molecular complexity index is 597. The van der Waals surface area contributed by atoms with E-state index >= 15 is 0 Å². The van der Waals surface area contributed by atoms with Gasteiger partial charge in [0.15, 0.2) is 0 Å². The highest BCUT2D eigenvalue weighted by atomic mass is 16.6. The normalized spacial score (nSPS) is 10.6. The zero-order valence-corrected chi connectivity index (χ0v) is 13.8. The predicted molar refractivity (Wildman–Crippen MR) is 87.0 cm³/mol. The van der Waals surface area contributed by atoms with Crippen LogP contribution < -0.4 is 0 Å². The third-order valence-corrected chi connectivity index (χ3v) is 3.36. The van der Waals surface area contributed by atoms with Crippen molar-refractivity contribution in [2.45, 2.75) is 26.2 Å². The van der Waals surface area contributed by atoms with Crippen LogP contribution in [-0.2, 0) is 15.9 Å². The SMILES string of the molecule is CCCCOCCOCCc1c(C(=O)O)cc([N+](=O)[O-])cc1[N+](=O)[O-]. The second-order valence-corrected chi connectivity index (χ2v) is 5.14. The minimum absolute atomic E-state index is 0.0378. The second-order valence-electron chi connectivity index (χ2n) is 5.14. The lowest BCUT2D eigenvalue weighted by atomic mass is 10.0. The van der Waals surface area contributed by atoms with Crippen LogP contribution in [0, 0.1) is 20.2 Å². The molecule has 0 radical (unpaired) electrons. The summed E-state index contributed by atoms with van der Waals surface area (Å²) < 4.78 is 10.6. The van der Waals surface area contributed by atoms with Gasteiger partial charge in [0, 0.05) is 24.7 Å². The Labute approximate surface area is 143 Å². The molecule has 0 amide bonds. The third-order valence-electron chi connectivity index (χ3n) is 3.36. The van der Waals surface area contributed by atoms with Crippen LogP contribution >= 0.6 is 0 Å². The zero-order chi connectivity index (χ0) is 18.8. The average Bonchev–Trinajstić information content (AvgIpc) is 2.56. The first kappa shape index (κ1) is 20.5. The molecule has 25 heavy (non-hydrogen) atoms. The van der Waals surface area contributed by atoms with Crippen molar-refractivity contribution in [1.82, 2.24) is 0 Å². The van der Waals surface area contributed by atoms with Crippen LogP contribution in [0.15, 0.2) is 12.1 Å². The molecule has 0 aliphatic rings. The quantitative estimate of drug-likeness (QED) is 0.342. The number of carbonyl (C=O) groups is 1. The third kappa shape index (κ3) is 6.43. The van der Waals surface area contributed by atoms with Crippen LogP contribution in [0.3, 0.4) is 0 Å². The molecule has 10 heteroatoms. The molecule has 0 unspecified atom stereocenters. The molecule has 0 saturated carbocycles. The monoisotopic (exact) mass is 356 g/mol. The van der Waals surface area contributed by atoms with Crippen molar-refractivity contribution in [1.29, 1.82) is 0 Å². The number of rotatable bonds is 12. The van der Waals surface area contributed by atoms with Gasteiger partial charge in [-0.25, -0.2) is 4.79 Å². The molecule has 0 spiro atoms. The molecule has 0 aromatic heterocycles. The Kier molecular flexibility index (Phi) is 8.44. The van der Waals surface area contributed by atoms with E-state index < -0.39 is 32.8 Å². The maximum absolute atomic E-state index is 11.3. The van der Waals surface area contributed by atoms with Crippen molar-refractivity contribution in [2.24, 2.45) is 0 Å². The first-order valence-electron chi connectivity index (χ1n) is 7.73. The molecular formula is C15H20N2O8. The number of carboxylic acids is 1. The lowest BCUT2D eigenvalue weighted by molar-refractivity contribution is -0.394. The molecule has 138 valence electrons. The summed E-state index contributed by atoms with van der Waals surface area (Å²) in [6.07, 6.45) is 1.91. The van der Waals surface area contributed by atoms with Gasteiger partial charge in [0.25, 0.3) is 11.4 Å². The molecule has 10 nitrogen and oxygen atoms in total. The highest BCUT2D eigenvalue weighted by molar-refractivity contribution is 5.91. The number of nitro groups is 2. The number of aromatic carboxylic acids is 1. The van der Waals surface area contributed by atoms with E-state index in [1.807, 2.05) is 6.92 Å². The van der Waals surface area contributed by atoms with E-state index in [4.69, 9.17) is 9.47 Å². The van der Waals surface area contributed by atoms with E-state index in [1.165, 1.54) is 0 Å². The number of nitrogens with zero attached hydrogens (tertiary/aromatic N) is 2. The van der Waals surface area contributed by atoms with Gasteiger partial charge in [-0.05, 0) is 6.42 Å². The van der Waals surface area contributed by atoms with E-state index in [-0.39, 0.29) is 25.2 Å². The standard InChI is InChI=1S/C15H20N2O8/c1-2-3-5-24-7-8-25-6-4-12-13(15(18)19)9-11(16(20)21)10-14(12)17(22)23/h9-10H,2-8H2,1H3,(H,18,19). The molecule has 1 aromatic rings. The van der Waals surface area contributed by atoms with Crippen LogP contribution in [0.1, 0.15) is 35.7 Å². The fraction of sp³-hybridized carbons (Fsp3) is 0.533. The predicted octanol–water partition coefficient (Wildman–Crippen LogP) is 2.58. The van der Waals surface area contributed by atoms with Crippen molar-refractivity contribution in [2.75, 3.05) is 26.4 Å². The second kappa shape index (κ2) is 10.3. The molecule has 1 rings (SSSR count). The highest BCUT2D eigenvalue weighted by Gasteiger charge is 2.26. The molecule has 0 bridgehead atoms. The van der Waals surface area contributed by atoms with Crippen molar-refractivity contribution in [3.8, 4) is 0 Å². The van der Waals surface area contributed by atoms with Crippen LogP contribution in [0.25, 0.3) is 0 Å². The number of carboxylic acid groups (broad SMARTS) is 1. The molecule has 1 N–H and O–H groups in total. The van der Waals surface area contributed by atoms with E-state index in [0.717, 1.165) is 25.0 Å². The van der Waals surface area contributed by atoms with E-state index in [0.29, 0.717) is 13.2 Å². The molecule has 0 aliphatic heterocycles. The number of hydrogen-bond acceptors (Lipinski definition) is 7. The minimum atomic E-state index is -1.47. The maximum atomic E-state index is 11.3.